The van der Waals surface area contributed by atoms with Crippen LogP contribution in [0.4, 0.5) is 10.1 Å². The summed E-state index contributed by atoms with van der Waals surface area (Å²) in [6, 6.07) is 7.83. The molecule has 0 atom stereocenters. The van der Waals surface area contributed by atoms with Crippen LogP contribution in [0.2, 0.25) is 0 Å². The summed E-state index contributed by atoms with van der Waals surface area (Å²) in [6.45, 7) is 8.44. The lowest BCUT2D eigenvalue weighted by molar-refractivity contribution is 0.102. The van der Waals surface area contributed by atoms with E-state index >= 15 is 0 Å². The highest BCUT2D eigenvalue weighted by atomic mass is 32.1. The van der Waals surface area contributed by atoms with E-state index in [2.05, 4.69) is 46.0 Å². The van der Waals surface area contributed by atoms with E-state index in [0.717, 1.165) is 28.2 Å². The molecule has 0 unspecified atom stereocenters. The third kappa shape index (κ3) is 5.25. The van der Waals surface area contributed by atoms with E-state index in [4.69, 9.17) is 9.26 Å². The molecule has 3 aromatic heterocycles. The van der Waals surface area contributed by atoms with Crippen LogP contribution < -0.4 is 10.1 Å². The molecule has 0 bridgehead atoms. The molecule has 34 heavy (non-hydrogen) atoms. The lowest BCUT2D eigenvalue weighted by Gasteiger charge is -2.12. The van der Waals surface area contributed by atoms with Crippen molar-refractivity contribution in [3.63, 3.8) is 0 Å². The summed E-state index contributed by atoms with van der Waals surface area (Å²) in [5.74, 6) is 6.24. The highest BCUT2D eigenvalue weighted by molar-refractivity contribution is 7.19. The molecule has 7 nitrogen and oxygen atoms in total. The number of ether oxygens (including phenoxy) is 1. The Kier molecular flexibility index (Phi) is 7.21. The maximum atomic E-state index is 14.8. The standard InChI is InChI=1S/C25H23FN4O3S/c1-4-30(5-2)12-6-7-18-14-21-24(34-18)23(10-11-27-21)32-22-9-8-17(13-20(22)26)29-25(31)19-15-28-33-16(19)3/h8-11,13-15H,4-5,12H2,1-3H3,(H,29,31). The number of hydrogen-bond donors (Lipinski definition) is 1. The fraction of sp³-hybridized carbons (Fsp3) is 0.240. The van der Waals surface area contributed by atoms with Crippen molar-refractivity contribution < 1.29 is 18.4 Å². The number of carbonyl (C=O) groups is 1. The number of anilines is 1. The zero-order valence-corrected chi connectivity index (χ0v) is 19.8. The third-order valence-corrected chi connectivity index (χ3v) is 6.24. The number of rotatable bonds is 7. The van der Waals surface area contributed by atoms with Crippen LogP contribution in [0.25, 0.3) is 10.2 Å². The van der Waals surface area contributed by atoms with Crippen LogP contribution in [0.15, 0.2) is 47.2 Å². The Bertz CT molecular complexity index is 1380. The molecular formula is C25H23FN4O3S. The van der Waals surface area contributed by atoms with E-state index in [-0.39, 0.29) is 17.0 Å². The van der Waals surface area contributed by atoms with Crippen molar-refractivity contribution in [3.05, 3.63) is 64.7 Å². The Morgan fingerprint density at radius 1 is 1.24 bits per heavy atom. The molecule has 3 heterocycles. The van der Waals surface area contributed by atoms with Gasteiger partial charge in [0.25, 0.3) is 5.91 Å². The van der Waals surface area contributed by atoms with Gasteiger partial charge in [-0.3, -0.25) is 14.7 Å². The molecule has 0 spiro atoms. The van der Waals surface area contributed by atoms with Crippen LogP contribution in [-0.2, 0) is 0 Å². The van der Waals surface area contributed by atoms with Gasteiger partial charge in [-0.05, 0) is 38.2 Å². The number of fused-ring (bicyclic) bond motifs is 1. The number of carbonyl (C=O) groups excluding carboxylic acids is 1. The van der Waals surface area contributed by atoms with Gasteiger partial charge in [-0.25, -0.2) is 4.39 Å². The third-order valence-electron chi connectivity index (χ3n) is 5.19. The number of benzene rings is 1. The second-order valence-corrected chi connectivity index (χ2v) is 8.45. The monoisotopic (exact) mass is 478 g/mol. The quantitative estimate of drug-likeness (QED) is 0.355. The number of nitrogens with zero attached hydrogens (tertiary/aromatic N) is 3. The first-order chi connectivity index (χ1) is 16.5. The summed E-state index contributed by atoms with van der Waals surface area (Å²) in [5.41, 5.74) is 1.31. The Hall–Kier alpha value is -3.74. The molecule has 1 aromatic carbocycles. The van der Waals surface area contributed by atoms with Crippen LogP contribution in [0.3, 0.4) is 0 Å². The SMILES string of the molecule is CCN(CC)CC#Cc1cc2nccc(Oc3ccc(NC(=O)c4cnoc4C)cc3F)c2s1. The van der Waals surface area contributed by atoms with Gasteiger partial charge in [-0.1, -0.05) is 30.8 Å². The van der Waals surface area contributed by atoms with Crippen molar-refractivity contribution in [1.82, 2.24) is 15.0 Å². The fourth-order valence-electron chi connectivity index (χ4n) is 3.24. The average Bonchev–Trinajstić information content (AvgIpc) is 3.45. The first-order valence-corrected chi connectivity index (χ1v) is 11.6. The van der Waals surface area contributed by atoms with Gasteiger partial charge >= 0.3 is 0 Å². The van der Waals surface area contributed by atoms with E-state index in [9.17, 15) is 9.18 Å². The smallest absolute Gasteiger partial charge is 0.260 e. The average molecular weight is 479 g/mol. The van der Waals surface area contributed by atoms with E-state index < -0.39 is 11.7 Å². The minimum atomic E-state index is -0.611. The lowest BCUT2D eigenvalue weighted by atomic mass is 10.2. The molecule has 4 rings (SSSR count). The zero-order valence-electron chi connectivity index (χ0n) is 19.0. The minimum absolute atomic E-state index is 0.0363. The molecule has 0 aliphatic carbocycles. The predicted octanol–water partition coefficient (Wildman–Crippen LogP) is 5.47. The number of halogens is 1. The molecule has 0 aliphatic rings. The summed E-state index contributed by atoms with van der Waals surface area (Å²) in [5, 5.41) is 6.20. The van der Waals surface area contributed by atoms with Crippen molar-refractivity contribution in [2.75, 3.05) is 25.0 Å². The van der Waals surface area contributed by atoms with E-state index in [0.29, 0.717) is 18.1 Å². The Morgan fingerprint density at radius 2 is 2.06 bits per heavy atom. The van der Waals surface area contributed by atoms with Crippen molar-refractivity contribution >= 4 is 33.1 Å². The highest BCUT2D eigenvalue weighted by Crippen LogP contribution is 2.36. The Morgan fingerprint density at radius 3 is 2.76 bits per heavy atom. The van der Waals surface area contributed by atoms with E-state index in [1.807, 2.05) is 6.07 Å². The molecule has 1 N–H and O–H groups in total. The molecule has 4 aromatic rings. The molecule has 0 aliphatic heterocycles. The van der Waals surface area contributed by atoms with Gasteiger partial charge < -0.3 is 14.6 Å². The predicted molar refractivity (Wildman–Crippen MR) is 130 cm³/mol. The first-order valence-electron chi connectivity index (χ1n) is 10.8. The second-order valence-electron chi connectivity index (χ2n) is 7.39. The van der Waals surface area contributed by atoms with Crippen LogP contribution in [-0.4, -0.2) is 40.6 Å². The maximum Gasteiger partial charge on any atom is 0.260 e. The van der Waals surface area contributed by atoms with Gasteiger partial charge in [-0.15, -0.1) is 11.3 Å². The maximum absolute atomic E-state index is 14.8. The Balaban J connectivity index is 1.51. The number of aryl methyl sites for hydroxylation is 1. The summed E-state index contributed by atoms with van der Waals surface area (Å²) in [6.07, 6.45) is 2.93. The number of nitrogens with one attached hydrogen (secondary N) is 1. The summed E-state index contributed by atoms with van der Waals surface area (Å²) < 4.78 is 26.3. The van der Waals surface area contributed by atoms with Gasteiger partial charge in [0.1, 0.15) is 17.1 Å². The van der Waals surface area contributed by atoms with Crippen LogP contribution in [0, 0.1) is 24.6 Å². The molecule has 0 fully saturated rings. The van der Waals surface area contributed by atoms with Gasteiger partial charge in [0.15, 0.2) is 11.6 Å². The number of thiophene rings is 1. The van der Waals surface area contributed by atoms with Gasteiger partial charge in [0, 0.05) is 24.0 Å². The summed E-state index contributed by atoms with van der Waals surface area (Å²) in [7, 11) is 0. The number of hydrogen-bond acceptors (Lipinski definition) is 7. The summed E-state index contributed by atoms with van der Waals surface area (Å²) in [4.78, 5) is 19.8. The molecule has 0 radical (unpaired) electrons. The van der Waals surface area contributed by atoms with Gasteiger partial charge in [-0.2, -0.15) is 0 Å². The van der Waals surface area contributed by atoms with Crippen molar-refractivity contribution in [1.29, 1.82) is 0 Å². The van der Waals surface area contributed by atoms with Crippen molar-refractivity contribution in [2.45, 2.75) is 20.8 Å². The molecule has 0 saturated heterocycles. The number of amides is 1. The number of pyridine rings is 1. The molecule has 9 heteroatoms. The normalized spacial score (nSPS) is 10.9. The molecular weight excluding hydrogens is 455 g/mol. The van der Waals surface area contributed by atoms with Gasteiger partial charge in [0.05, 0.1) is 27.8 Å². The first kappa shape index (κ1) is 23.4. The highest BCUT2D eigenvalue weighted by Gasteiger charge is 2.15. The Labute approximate surface area is 200 Å². The van der Waals surface area contributed by atoms with Crippen molar-refractivity contribution in [2.24, 2.45) is 0 Å². The van der Waals surface area contributed by atoms with E-state index in [1.165, 1.54) is 29.7 Å². The fourth-order valence-corrected chi connectivity index (χ4v) is 4.18. The lowest BCUT2D eigenvalue weighted by Crippen LogP contribution is -2.22. The van der Waals surface area contributed by atoms with Crippen molar-refractivity contribution in [3.8, 4) is 23.3 Å². The topological polar surface area (TPSA) is 80.5 Å². The van der Waals surface area contributed by atoms with Crippen LogP contribution in [0.5, 0.6) is 11.5 Å². The minimum Gasteiger partial charge on any atom is -0.453 e. The van der Waals surface area contributed by atoms with Crippen LogP contribution >= 0.6 is 11.3 Å². The molecule has 174 valence electrons. The van der Waals surface area contributed by atoms with E-state index in [1.54, 1.807) is 25.3 Å². The number of aromatic nitrogens is 2. The molecule has 1 amide bonds. The summed E-state index contributed by atoms with van der Waals surface area (Å²) >= 11 is 1.45. The molecule has 0 saturated carbocycles. The van der Waals surface area contributed by atoms with Gasteiger partial charge in [0.2, 0.25) is 0 Å². The second kappa shape index (κ2) is 10.5. The zero-order chi connectivity index (χ0) is 24.1. The van der Waals surface area contributed by atoms with Crippen LogP contribution in [0.1, 0.15) is 34.8 Å². The largest absolute Gasteiger partial charge is 0.453 e.